The van der Waals surface area contributed by atoms with Crippen LogP contribution in [0.3, 0.4) is 0 Å². The van der Waals surface area contributed by atoms with Crippen molar-refractivity contribution in [2.75, 3.05) is 13.1 Å². The van der Waals surface area contributed by atoms with Crippen molar-refractivity contribution < 1.29 is 9.59 Å². The summed E-state index contributed by atoms with van der Waals surface area (Å²) in [6, 6.07) is 9.23. The highest BCUT2D eigenvalue weighted by Crippen LogP contribution is 2.31. The Hall–Kier alpha value is -1.88. The molecule has 1 aliphatic heterocycles. The maximum absolute atomic E-state index is 12.6. The van der Waals surface area contributed by atoms with Gasteiger partial charge in [0.05, 0.1) is 11.3 Å². The van der Waals surface area contributed by atoms with E-state index in [9.17, 15) is 9.59 Å². The van der Waals surface area contributed by atoms with E-state index in [1.165, 1.54) is 0 Å². The van der Waals surface area contributed by atoms with Gasteiger partial charge in [-0.2, -0.15) is 0 Å². The molecule has 0 aromatic heterocycles. The Labute approximate surface area is 125 Å². The number of amides is 2. The first-order chi connectivity index (χ1) is 9.85. The normalized spacial score (nSPS) is 24.6. The van der Waals surface area contributed by atoms with Crippen LogP contribution in [0.25, 0.3) is 0 Å². The molecule has 0 bridgehead atoms. The fourth-order valence-electron chi connectivity index (χ4n) is 2.76. The minimum atomic E-state index is -0.619. The molecule has 5 heteroatoms. The van der Waals surface area contributed by atoms with Gasteiger partial charge in [0, 0.05) is 19.1 Å². The lowest BCUT2D eigenvalue weighted by atomic mass is 9.89. The third-order valence-corrected chi connectivity index (χ3v) is 4.49. The van der Waals surface area contributed by atoms with Gasteiger partial charge in [-0.05, 0) is 18.9 Å². The molecule has 0 saturated carbocycles. The number of hydrogen-bond donors (Lipinski definition) is 2. The Morgan fingerprint density at radius 1 is 1.29 bits per heavy atom. The first-order valence-electron chi connectivity index (χ1n) is 7.24. The summed E-state index contributed by atoms with van der Waals surface area (Å²) in [5.41, 5.74) is 11.9. The van der Waals surface area contributed by atoms with Crippen LogP contribution in [0.15, 0.2) is 30.3 Å². The van der Waals surface area contributed by atoms with Crippen LogP contribution in [0, 0.1) is 11.3 Å². The van der Waals surface area contributed by atoms with Gasteiger partial charge < -0.3 is 16.4 Å². The lowest BCUT2D eigenvalue weighted by molar-refractivity contribution is -0.135. The third-order valence-electron chi connectivity index (χ3n) is 4.49. The molecule has 2 rings (SSSR count). The number of carbonyl (C=O) groups is 2. The molecule has 0 radical (unpaired) electrons. The number of carbonyl (C=O) groups excluding carboxylic acids is 2. The van der Waals surface area contributed by atoms with Crippen LogP contribution in [0.4, 0.5) is 0 Å². The summed E-state index contributed by atoms with van der Waals surface area (Å²) in [7, 11) is 0. The highest BCUT2D eigenvalue weighted by Gasteiger charge is 2.42. The fourth-order valence-corrected chi connectivity index (χ4v) is 2.76. The Bertz CT molecular complexity index is 532. The number of hydrogen-bond acceptors (Lipinski definition) is 3. The van der Waals surface area contributed by atoms with Gasteiger partial charge in [-0.15, -0.1) is 0 Å². The van der Waals surface area contributed by atoms with Crippen LogP contribution in [0.5, 0.6) is 0 Å². The number of rotatable bonds is 4. The van der Waals surface area contributed by atoms with Crippen molar-refractivity contribution in [1.29, 1.82) is 0 Å². The lowest BCUT2D eigenvalue weighted by Gasteiger charge is -2.26. The predicted octanol–water partition coefficient (Wildman–Crippen LogP) is 1.05. The molecule has 4 N–H and O–H groups in total. The molecule has 21 heavy (non-hydrogen) atoms. The second-order valence-corrected chi connectivity index (χ2v) is 6.16. The second kappa shape index (κ2) is 5.85. The molecule has 0 spiro atoms. The van der Waals surface area contributed by atoms with E-state index in [0.717, 1.165) is 5.56 Å². The SMILES string of the molecule is CC(C(=O)N1CCC(C)(C(N)=O)C1)C(N)c1ccccc1. The maximum atomic E-state index is 12.6. The first-order valence-corrected chi connectivity index (χ1v) is 7.24. The summed E-state index contributed by atoms with van der Waals surface area (Å²) in [5, 5.41) is 0. The van der Waals surface area contributed by atoms with Crippen molar-refractivity contribution in [3.63, 3.8) is 0 Å². The highest BCUT2D eigenvalue weighted by atomic mass is 16.2. The summed E-state index contributed by atoms with van der Waals surface area (Å²) in [5.74, 6) is -0.697. The molecule has 1 saturated heterocycles. The van der Waals surface area contributed by atoms with Crippen molar-refractivity contribution >= 4 is 11.8 Å². The van der Waals surface area contributed by atoms with Crippen LogP contribution in [-0.4, -0.2) is 29.8 Å². The third kappa shape index (κ3) is 3.08. The molecule has 3 unspecified atom stereocenters. The summed E-state index contributed by atoms with van der Waals surface area (Å²) in [4.78, 5) is 25.7. The Kier molecular flexibility index (Phi) is 4.32. The topological polar surface area (TPSA) is 89.4 Å². The fraction of sp³-hybridized carbons (Fsp3) is 0.500. The number of likely N-dealkylation sites (tertiary alicyclic amines) is 1. The van der Waals surface area contributed by atoms with E-state index in [2.05, 4.69) is 0 Å². The summed E-state index contributed by atoms with van der Waals surface area (Å²) >= 11 is 0. The second-order valence-electron chi connectivity index (χ2n) is 6.16. The molecule has 1 aromatic carbocycles. The number of nitrogens with two attached hydrogens (primary N) is 2. The van der Waals surface area contributed by atoms with Gasteiger partial charge in [0.25, 0.3) is 0 Å². The van der Waals surface area contributed by atoms with Crippen LogP contribution >= 0.6 is 0 Å². The molecule has 1 aliphatic rings. The van der Waals surface area contributed by atoms with Crippen molar-refractivity contribution in [3.05, 3.63) is 35.9 Å². The van der Waals surface area contributed by atoms with E-state index in [0.29, 0.717) is 19.5 Å². The lowest BCUT2D eigenvalue weighted by Crippen LogP contribution is -2.42. The number of benzene rings is 1. The van der Waals surface area contributed by atoms with Crippen LogP contribution in [0.2, 0.25) is 0 Å². The molecule has 0 aliphatic carbocycles. The quantitative estimate of drug-likeness (QED) is 0.868. The van der Waals surface area contributed by atoms with Crippen molar-refractivity contribution in [3.8, 4) is 0 Å². The van der Waals surface area contributed by atoms with E-state index < -0.39 is 5.41 Å². The summed E-state index contributed by atoms with van der Waals surface area (Å²) < 4.78 is 0. The highest BCUT2D eigenvalue weighted by molar-refractivity contribution is 5.84. The van der Waals surface area contributed by atoms with Gasteiger partial charge in [-0.25, -0.2) is 0 Å². The predicted molar refractivity (Wildman–Crippen MR) is 81.0 cm³/mol. The molecule has 2 amide bonds. The summed E-state index contributed by atoms with van der Waals surface area (Å²) in [6.45, 7) is 4.58. The minimum Gasteiger partial charge on any atom is -0.369 e. The molecule has 114 valence electrons. The molecule has 5 nitrogen and oxygen atoms in total. The average molecular weight is 289 g/mol. The van der Waals surface area contributed by atoms with Crippen LogP contribution in [0.1, 0.15) is 31.9 Å². The van der Waals surface area contributed by atoms with E-state index in [1.807, 2.05) is 44.2 Å². The Balaban J connectivity index is 2.05. The van der Waals surface area contributed by atoms with Gasteiger partial charge in [0.15, 0.2) is 0 Å². The molecule has 1 aromatic rings. The first kappa shape index (κ1) is 15.5. The smallest absolute Gasteiger partial charge is 0.227 e. The maximum Gasteiger partial charge on any atom is 0.227 e. The number of primary amides is 1. The molecule has 3 atom stereocenters. The van der Waals surface area contributed by atoms with E-state index in [1.54, 1.807) is 4.90 Å². The van der Waals surface area contributed by atoms with E-state index in [4.69, 9.17) is 11.5 Å². The standard InChI is InChI=1S/C16H23N3O2/c1-11(13(17)12-6-4-3-5-7-12)14(20)19-9-8-16(2,10-19)15(18)21/h3-7,11,13H,8-10,17H2,1-2H3,(H2,18,21). The van der Waals surface area contributed by atoms with Crippen molar-refractivity contribution in [2.45, 2.75) is 26.3 Å². The Morgan fingerprint density at radius 3 is 2.43 bits per heavy atom. The molecular formula is C16H23N3O2. The van der Waals surface area contributed by atoms with Crippen LogP contribution < -0.4 is 11.5 Å². The zero-order valence-corrected chi connectivity index (χ0v) is 12.6. The zero-order valence-electron chi connectivity index (χ0n) is 12.6. The number of nitrogens with zero attached hydrogens (tertiary/aromatic N) is 1. The zero-order chi connectivity index (χ0) is 15.6. The van der Waals surface area contributed by atoms with Crippen molar-refractivity contribution in [2.24, 2.45) is 22.8 Å². The summed E-state index contributed by atoms with van der Waals surface area (Å²) in [6.07, 6.45) is 0.612. The van der Waals surface area contributed by atoms with Gasteiger partial charge >= 0.3 is 0 Å². The Morgan fingerprint density at radius 2 is 1.90 bits per heavy atom. The van der Waals surface area contributed by atoms with Crippen LogP contribution in [-0.2, 0) is 9.59 Å². The monoisotopic (exact) mass is 289 g/mol. The van der Waals surface area contributed by atoms with Gasteiger partial charge in [-0.3, -0.25) is 9.59 Å². The molecule has 1 heterocycles. The average Bonchev–Trinajstić information content (AvgIpc) is 2.90. The minimum absolute atomic E-state index is 0.0173. The molecule has 1 fully saturated rings. The largest absolute Gasteiger partial charge is 0.369 e. The van der Waals surface area contributed by atoms with Gasteiger partial charge in [0.2, 0.25) is 11.8 Å². The van der Waals surface area contributed by atoms with Gasteiger partial charge in [-0.1, -0.05) is 37.3 Å². The van der Waals surface area contributed by atoms with E-state index >= 15 is 0 Å². The van der Waals surface area contributed by atoms with Gasteiger partial charge in [0.1, 0.15) is 0 Å². The molecular weight excluding hydrogens is 266 g/mol. The van der Waals surface area contributed by atoms with E-state index in [-0.39, 0.29) is 23.8 Å². The van der Waals surface area contributed by atoms with Crippen molar-refractivity contribution in [1.82, 2.24) is 4.90 Å².